The molecule has 0 spiro atoms. The molecule has 0 saturated heterocycles. The van der Waals surface area contributed by atoms with Crippen molar-refractivity contribution in [2.45, 2.75) is 32.3 Å². The molecule has 3 aromatic rings. The molecule has 0 bridgehead atoms. The molecule has 1 aliphatic rings. The van der Waals surface area contributed by atoms with Crippen LogP contribution in [0.3, 0.4) is 0 Å². The van der Waals surface area contributed by atoms with Crippen molar-refractivity contribution in [2.75, 3.05) is 11.8 Å². The van der Waals surface area contributed by atoms with E-state index in [-0.39, 0.29) is 11.6 Å². The van der Waals surface area contributed by atoms with Crippen molar-refractivity contribution in [3.8, 4) is 11.1 Å². The van der Waals surface area contributed by atoms with Crippen LogP contribution in [-0.2, 0) is 19.5 Å². The number of hydrogen-bond acceptors (Lipinski definition) is 6. The summed E-state index contributed by atoms with van der Waals surface area (Å²) < 4.78 is 36.8. The molecule has 4 rings (SSSR count). The molecule has 0 fully saturated rings. The van der Waals surface area contributed by atoms with Crippen LogP contribution in [0.25, 0.3) is 11.1 Å². The molecule has 0 atom stereocenters. The summed E-state index contributed by atoms with van der Waals surface area (Å²) in [6.07, 6.45) is 0. The van der Waals surface area contributed by atoms with Crippen LogP contribution in [0.4, 0.5) is 10.5 Å². The van der Waals surface area contributed by atoms with Crippen molar-refractivity contribution in [2.24, 2.45) is 0 Å². The number of benzene rings is 3. The van der Waals surface area contributed by atoms with Gasteiger partial charge in [-0.3, -0.25) is 4.72 Å². The Morgan fingerprint density at radius 2 is 1.41 bits per heavy atom. The first-order valence-electron chi connectivity index (χ1n) is 10.7. The van der Waals surface area contributed by atoms with Crippen LogP contribution in [-0.4, -0.2) is 32.4 Å². The maximum atomic E-state index is 13.2. The fourth-order valence-electron chi connectivity index (χ4n) is 4.18. The van der Waals surface area contributed by atoms with Gasteiger partial charge in [0.05, 0.1) is 12.7 Å². The van der Waals surface area contributed by atoms with Gasteiger partial charge in [-0.1, -0.05) is 48.5 Å². The third-order valence-corrected chi connectivity index (χ3v) is 6.56. The van der Waals surface area contributed by atoms with Gasteiger partial charge < -0.3 is 9.47 Å². The smallest absolute Gasteiger partial charge is 0.444 e. The Hall–Kier alpha value is -3.65. The van der Waals surface area contributed by atoms with Gasteiger partial charge in [0.2, 0.25) is 0 Å². The predicted octanol–water partition coefficient (Wildman–Crippen LogP) is 5.31. The van der Waals surface area contributed by atoms with Crippen LogP contribution in [0.1, 0.15) is 53.7 Å². The maximum Gasteiger partial charge on any atom is 0.444 e. The lowest BCUT2D eigenvalue weighted by atomic mass is 9.86. The Morgan fingerprint density at radius 3 is 1.94 bits per heavy atom. The van der Waals surface area contributed by atoms with Crippen molar-refractivity contribution in [3.63, 3.8) is 0 Å². The van der Waals surface area contributed by atoms with E-state index in [0.717, 1.165) is 29.4 Å². The van der Waals surface area contributed by atoms with Crippen molar-refractivity contribution in [3.05, 3.63) is 89.0 Å². The lowest BCUT2D eigenvalue weighted by Gasteiger charge is -2.23. The Labute approximate surface area is 198 Å². The molecule has 0 heterocycles. The maximum absolute atomic E-state index is 13.2. The molecule has 1 N–H and O–H groups in total. The number of sulfonamides is 1. The minimum Gasteiger partial charge on any atom is -0.456 e. The van der Waals surface area contributed by atoms with Crippen molar-refractivity contribution >= 4 is 27.0 Å². The zero-order valence-corrected chi connectivity index (χ0v) is 20.1. The molecule has 7 nitrogen and oxygen atoms in total. The van der Waals surface area contributed by atoms with Gasteiger partial charge in [0.25, 0.3) is 0 Å². The van der Waals surface area contributed by atoms with Crippen LogP contribution < -0.4 is 4.72 Å². The number of carbonyl (C=O) groups excluding carboxylic acids is 2. The first-order valence-corrected chi connectivity index (χ1v) is 12.2. The molecular formula is C26H25NO6S. The average molecular weight is 480 g/mol. The van der Waals surface area contributed by atoms with Crippen LogP contribution in [0.2, 0.25) is 0 Å². The Bertz CT molecular complexity index is 1340. The van der Waals surface area contributed by atoms with E-state index < -0.39 is 26.9 Å². The summed E-state index contributed by atoms with van der Waals surface area (Å²) in [4.78, 5) is 24.9. The normalized spacial score (nSPS) is 13.1. The van der Waals surface area contributed by atoms with E-state index in [4.69, 9.17) is 4.74 Å². The van der Waals surface area contributed by atoms with Gasteiger partial charge in [-0.15, -0.1) is 0 Å². The molecule has 8 heteroatoms. The SMILES string of the molecule is COC(=O)S(=O)(=O)Nc1ccc(C(=O)OC(C)(C)C)c(C2c3ccccc3-c3ccccc32)c1. The number of fused-ring (bicyclic) bond motifs is 3. The number of anilines is 1. The molecular weight excluding hydrogens is 454 g/mol. The van der Waals surface area contributed by atoms with Crippen molar-refractivity contribution in [1.82, 2.24) is 0 Å². The topological polar surface area (TPSA) is 98.8 Å². The number of carbonyl (C=O) groups is 2. The Balaban J connectivity index is 1.90. The zero-order chi connectivity index (χ0) is 24.7. The molecule has 176 valence electrons. The van der Waals surface area contributed by atoms with Gasteiger partial charge >= 0.3 is 21.3 Å². The highest BCUT2D eigenvalue weighted by molar-refractivity contribution is 8.06. The molecule has 34 heavy (non-hydrogen) atoms. The van der Waals surface area contributed by atoms with E-state index in [1.807, 2.05) is 48.5 Å². The molecule has 1 aliphatic carbocycles. The first kappa shape index (κ1) is 23.5. The molecule has 0 saturated carbocycles. The number of methoxy groups -OCH3 is 1. The Morgan fingerprint density at radius 1 is 0.853 bits per heavy atom. The fourth-order valence-corrected chi connectivity index (χ4v) is 4.92. The van der Waals surface area contributed by atoms with E-state index in [9.17, 15) is 18.0 Å². The van der Waals surface area contributed by atoms with Gasteiger partial charge in [0.1, 0.15) is 5.60 Å². The zero-order valence-electron chi connectivity index (χ0n) is 19.3. The molecule has 0 aromatic heterocycles. The van der Waals surface area contributed by atoms with E-state index >= 15 is 0 Å². The average Bonchev–Trinajstić information content (AvgIpc) is 3.11. The van der Waals surface area contributed by atoms with Crippen LogP contribution in [0.15, 0.2) is 66.7 Å². The van der Waals surface area contributed by atoms with E-state index in [2.05, 4.69) is 9.46 Å². The molecule has 0 aliphatic heterocycles. The standard InChI is InChI=1S/C26H25NO6S/c1-26(2,3)33-24(28)21-14-13-16(27-34(30,31)25(29)32-4)15-22(21)23-19-11-7-5-9-17(19)18-10-6-8-12-20(18)23/h5-15,23,27H,1-4H3. The third-order valence-electron chi connectivity index (χ3n) is 5.45. The van der Waals surface area contributed by atoms with Gasteiger partial charge in [0.15, 0.2) is 0 Å². The van der Waals surface area contributed by atoms with Gasteiger partial charge in [-0.05, 0) is 66.8 Å². The molecule has 3 aromatic carbocycles. The minimum absolute atomic E-state index is 0.134. The highest BCUT2D eigenvalue weighted by atomic mass is 32.2. The Kier molecular flexibility index (Phi) is 5.95. The van der Waals surface area contributed by atoms with Crippen LogP contribution in [0.5, 0.6) is 0 Å². The summed E-state index contributed by atoms with van der Waals surface area (Å²) in [5.41, 5.74) is 4.35. The molecule has 0 amide bonds. The monoisotopic (exact) mass is 479 g/mol. The van der Waals surface area contributed by atoms with E-state index in [1.165, 1.54) is 12.1 Å². The number of esters is 1. The summed E-state index contributed by atoms with van der Waals surface area (Å²) in [6, 6.07) is 20.3. The fraction of sp³-hybridized carbons (Fsp3) is 0.231. The lowest BCUT2D eigenvalue weighted by Crippen LogP contribution is -2.25. The van der Waals surface area contributed by atoms with Crippen LogP contribution >= 0.6 is 0 Å². The summed E-state index contributed by atoms with van der Waals surface area (Å²) >= 11 is 0. The second-order valence-corrected chi connectivity index (χ2v) is 10.5. The summed E-state index contributed by atoms with van der Waals surface area (Å²) in [7, 11) is -3.42. The number of nitrogens with one attached hydrogen (secondary N) is 1. The highest BCUT2D eigenvalue weighted by Gasteiger charge is 2.34. The molecule has 0 radical (unpaired) electrons. The number of hydrogen-bond donors (Lipinski definition) is 1. The second kappa shape index (κ2) is 8.61. The summed E-state index contributed by atoms with van der Waals surface area (Å²) in [5.74, 6) is -0.857. The van der Waals surface area contributed by atoms with E-state index in [1.54, 1.807) is 26.8 Å². The second-order valence-electron chi connectivity index (χ2n) is 8.97. The van der Waals surface area contributed by atoms with Gasteiger partial charge in [0, 0.05) is 11.6 Å². The molecule has 0 unspecified atom stereocenters. The van der Waals surface area contributed by atoms with E-state index in [0.29, 0.717) is 11.1 Å². The quantitative estimate of drug-likeness (QED) is 0.398. The van der Waals surface area contributed by atoms with Crippen molar-refractivity contribution in [1.29, 1.82) is 0 Å². The third kappa shape index (κ3) is 4.41. The summed E-state index contributed by atoms with van der Waals surface area (Å²) in [6.45, 7) is 5.34. The largest absolute Gasteiger partial charge is 0.456 e. The lowest BCUT2D eigenvalue weighted by molar-refractivity contribution is 0.00682. The summed E-state index contributed by atoms with van der Waals surface area (Å²) in [5, 5.41) is -1.40. The number of ether oxygens (including phenoxy) is 2. The highest BCUT2D eigenvalue weighted by Crippen LogP contribution is 2.49. The predicted molar refractivity (Wildman–Crippen MR) is 129 cm³/mol. The first-order chi connectivity index (χ1) is 16.0. The number of rotatable bonds is 4. The van der Waals surface area contributed by atoms with Crippen molar-refractivity contribution < 1.29 is 27.5 Å². The van der Waals surface area contributed by atoms with Gasteiger partial charge in [-0.2, -0.15) is 8.42 Å². The minimum atomic E-state index is -4.41. The van der Waals surface area contributed by atoms with Gasteiger partial charge in [-0.25, -0.2) is 9.59 Å². The van der Waals surface area contributed by atoms with Crippen LogP contribution in [0, 0.1) is 0 Å².